The molecule has 0 aliphatic heterocycles. The average Bonchev–Trinajstić information content (AvgIpc) is 2.29. The first-order valence-electron chi connectivity index (χ1n) is 6.16. The van der Waals surface area contributed by atoms with Gasteiger partial charge < -0.3 is 5.11 Å². The molecule has 1 aromatic heterocycles. The molecule has 1 aliphatic carbocycles. The summed E-state index contributed by atoms with van der Waals surface area (Å²) in [7, 11) is 0. The number of hydrogen-bond acceptors (Lipinski definition) is 2. The van der Waals surface area contributed by atoms with Crippen LogP contribution in [0.25, 0.3) is 0 Å². The van der Waals surface area contributed by atoms with E-state index in [-0.39, 0.29) is 6.10 Å². The Labute approximate surface area is 97.7 Å². The van der Waals surface area contributed by atoms with Gasteiger partial charge in [-0.05, 0) is 48.6 Å². The molecule has 0 saturated heterocycles. The van der Waals surface area contributed by atoms with Crippen molar-refractivity contribution in [3.63, 3.8) is 0 Å². The van der Waals surface area contributed by atoms with Crippen molar-refractivity contribution in [3.8, 4) is 0 Å². The summed E-state index contributed by atoms with van der Waals surface area (Å²) >= 11 is 0. The minimum atomic E-state index is -0.329. The Balaban J connectivity index is 2.00. The van der Waals surface area contributed by atoms with E-state index in [1.165, 1.54) is 12.8 Å². The number of pyridine rings is 1. The maximum absolute atomic E-state index is 10.3. The second-order valence-electron chi connectivity index (χ2n) is 5.73. The summed E-state index contributed by atoms with van der Waals surface area (Å²) in [4.78, 5) is 4.07. The molecule has 0 radical (unpaired) electrons. The SMILES string of the molecule is CC1(C)CCC(C(O)c2cccnc2)CC1. The highest BCUT2D eigenvalue weighted by Crippen LogP contribution is 2.42. The van der Waals surface area contributed by atoms with Gasteiger partial charge in [-0.1, -0.05) is 19.9 Å². The molecule has 2 nitrogen and oxygen atoms in total. The lowest BCUT2D eigenvalue weighted by Gasteiger charge is -2.36. The lowest BCUT2D eigenvalue weighted by Crippen LogP contribution is -2.25. The molecule has 88 valence electrons. The Bertz CT molecular complexity index is 324. The van der Waals surface area contributed by atoms with Crippen molar-refractivity contribution in [2.45, 2.75) is 45.6 Å². The van der Waals surface area contributed by atoms with Gasteiger partial charge in [0.05, 0.1) is 6.10 Å². The van der Waals surface area contributed by atoms with E-state index in [4.69, 9.17) is 0 Å². The van der Waals surface area contributed by atoms with Gasteiger partial charge >= 0.3 is 0 Å². The minimum Gasteiger partial charge on any atom is -0.388 e. The third kappa shape index (κ3) is 2.62. The van der Waals surface area contributed by atoms with Crippen LogP contribution in [0.5, 0.6) is 0 Å². The number of hydrogen-bond donors (Lipinski definition) is 1. The van der Waals surface area contributed by atoms with Crippen LogP contribution in [0.3, 0.4) is 0 Å². The first-order chi connectivity index (χ1) is 7.58. The minimum absolute atomic E-state index is 0.329. The number of aromatic nitrogens is 1. The van der Waals surface area contributed by atoms with E-state index in [0.717, 1.165) is 18.4 Å². The lowest BCUT2D eigenvalue weighted by atomic mass is 9.71. The number of rotatable bonds is 2. The zero-order valence-corrected chi connectivity index (χ0v) is 10.2. The standard InChI is InChI=1S/C14H21NO/c1-14(2)7-5-11(6-8-14)13(16)12-4-3-9-15-10-12/h3-4,9-11,13,16H,5-8H2,1-2H3. The second-order valence-corrected chi connectivity index (χ2v) is 5.73. The van der Waals surface area contributed by atoms with Crippen molar-refractivity contribution in [3.05, 3.63) is 30.1 Å². The molecule has 1 aromatic rings. The van der Waals surface area contributed by atoms with E-state index < -0.39 is 0 Å². The predicted octanol–water partition coefficient (Wildman–Crippen LogP) is 3.33. The van der Waals surface area contributed by atoms with E-state index in [2.05, 4.69) is 18.8 Å². The van der Waals surface area contributed by atoms with Gasteiger partial charge in [0, 0.05) is 12.4 Å². The molecule has 2 rings (SSSR count). The fourth-order valence-electron chi connectivity index (χ4n) is 2.56. The molecule has 0 aromatic carbocycles. The number of aliphatic hydroxyl groups excluding tert-OH is 1. The predicted molar refractivity (Wildman–Crippen MR) is 64.9 cm³/mol. The van der Waals surface area contributed by atoms with Crippen LogP contribution in [0, 0.1) is 11.3 Å². The summed E-state index contributed by atoms with van der Waals surface area (Å²) in [6, 6.07) is 3.86. The molecule has 1 saturated carbocycles. The van der Waals surface area contributed by atoms with Gasteiger partial charge in [0.15, 0.2) is 0 Å². The van der Waals surface area contributed by atoms with Crippen molar-refractivity contribution in [1.82, 2.24) is 4.98 Å². The van der Waals surface area contributed by atoms with Gasteiger partial charge in [-0.3, -0.25) is 4.98 Å². The number of nitrogens with zero attached hydrogens (tertiary/aromatic N) is 1. The van der Waals surface area contributed by atoms with Crippen LogP contribution in [0.15, 0.2) is 24.5 Å². The van der Waals surface area contributed by atoms with Gasteiger partial charge in [-0.25, -0.2) is 0 Å². The van der Waals surface area contributed by atoms with E-state index in [1.807, 2.05) is 12.1 Å². The quantitative estimate of drug-likeness (QED) is 0.827. The molecule has 1 unspecified atom stereocenters. The average molecular weight is 219 g/mol. The highest BCUT2D eigenvalue weighted by molar-refractivity contribution is 5.13. The van der Waals surface area contributed by atoms with Crippen molar-refractivity contribution >= 4 is 0 Å². The molecule has 1 aliphatic rings. The Morgan fingerprint density at radius 2 is 2.06 bits per heavy atom. The zero-order valence-electron chi connectivity index (χ0n) is 10.2. The lowest BCUT2D eigenvalue weighted by molar-refractivity contribution is 0.0565. The van der Waals surface area contributed by atoms with E-state index >= 15 is 0 Å². The van der Waals surface area contributed by atoms with Crippen molar-refractivity contribution in [2.75, 3.05) is 0 Å². The molecular weight excluding hydrogens is 198 g/mol. The molecular formula is C14H21NO. The van der Waals surface area contributed by atoms with Crippen LogP contribution in [-0.4, -0.2) is 10.1 Å². The molecule has 1 N–H and O–H groups in total. The molecule has 0 amide bonds. The third-order valence-corrected chi connectivity index (χ3v) is 3.86. The van der Waals surface area contributed by atoms with Crippen LogP contribution in [0.2, 0.25) is 0 Å². The monoisotopic (exact) mass is 219 g/mol. The second kappa shape index (κ2) is 4.54. The van der Waals surface area contributed by atoms with E-state index in [0.29, 0.717) is 11.3 Å². The van der Waals surface area contributed by atoms with Gasteiger partial charge in [-0.15, -0.1) is 0 Å². The summed E-state index contributed by atoms with van der Waals surface area (Å²) < 4.78 is 0. The fourth-order valence-corrected chi connectivity index (χ4v) is 2.56. The Kier molecular flexibility index (Phi) is 3.29. The number of aliphatic hydroxyl groups is 1. The molecule has 0 bridgehead atoms. The topological polar surface area (TPSA) is 33.1 Å². The summed E-state index contributed by atoms with van der Waals surface area (Å²) in [5, 5.41) is 10.3. The normalized spacial score (nSPS) is 22.9. The van der Waals surface area contributed by atoms with Crippen LogP contribution >= 0.6 is 0 Å². The van der Waals surface area contributed by atoms with E-state index in [1.54, 1.807) is 12.4 Å². The maximum atomic E-state index is 10.3. The van der Waals surface area contributed by atoms with Crippen molar-refractivity contribution in [1.29, 1.82) is 0 Å². The zero-order chi connectivity index (χ0) is 11.6. The van der Waals surface area contributed by atoms with Crippen LogP contribution in [-0.2, 0) is 0 Å². The highest BCUT2D eigenvalue weighted by atomic mass is 16.3. The largest absolute Gasteiger partial charge is 0.388 e. The molecule has 0 spiro atoms. The van der Waals surface area contributed by atoms with Crippen molar-refractivity contribution in [2.24, 2.45) is 11.3 Å². The van der Waals surface area contributed by atoms with Gasteiger partial charge in [-0.2, -0.15) is 0 Å². The first-order valence-corrected chi connectivity index (χ1v) is 6.16. The first kappa shape index (κ1) is 11.6. The fraction of sp³-hybridized carbons (Fsp3) is 0.643. The highest BCUT2D eigenvalue weighted by Gasteiger charge is 2.31. The molecule has 1 heterocycles. The third-order valence-electron chi connectivity index (χ3n) is 3.86. The van der Waals surface area contributed by atoms with Gasteiger partial charge in [0.25, 0.3) is 0 Å². The van der Waals surface area contributed by atoms with Crippen LogP contribution in [0.4, 0.5) is 0 Å². The summed E-state index contributed by atoms with van der Waals surface area (Å²) in [6.45, 7) is 4.64. The summed E-state index contributed by atoms with van der Waals surface area (Å²) in [6.07, 6.45) is 7.89. The van der Waals surface area contributed by atoms with Gasteiger partial charge in [0.2, 0.25) is 0 Å². The smallest absolute Gasteiger partial charge is 0.0833 e. The summed E-state index contributed by atoms with van der Waals surface area (Å²) in [5.74, 6) is 0.414. The van der Waals surface area contributed by atoms with E-state index in [9.17, 15) is 5.11 Å². The Morgan fingerprint density at radius 1 is 1.38 bits per heavy atom. The molecule has 16 heavy (non-hydrogen) atoms. The van der Waals surface area contributed by atoms with Crippen LogP contribution < -0.4 is 0 Å². The Hall–Kier alpha value is -0.890. The van der Waals surface area contributed by atoms with Crippen molar-refractivity contribution < 1.29 is 5.11 Å². The summed E-state index contributed by atoms with van der Waals surface area (Å²) in [5.41, 5.74) is 1.43. The molecule has 1 atom stereocenters. The molecule has 1 fully saturated rings. The maximum Gasteiger partial charge on any atom is 0.0833 e. The van der Waals surface area contributed by atoms with Crippen LogP contribution in [0.1, 0.15) is 51.2 Å². The molecule has 2 heteroatoms. The van der Waals surface area contributed by atoms with Gasteiger partial charge in [0.1, 0.15) is 0 Å². The Morgan fingerprint density at radius 3 is 2.62 bits per heavy atom.